The fraction of sp³-hybridized carbons (Fsp3) is 0.522. The number of amides is 3. The molecule has 2 heterocycles. The Hall–Kier alpha value is -2.90. The van der Waals surface area contributed by atoms with Crippen LogP contribution in [0, 0.1) is 23.6 Å². The molecule has 4 bridgehead atoms. The normalized spacial score (nSPS) is 30.5. The summed E-state index contributed by atoms with van der Waals surface area (Å²) in [7, 11) is 0. The first-order valence-corrected chi connectivity index (χ1v) is 11.1. The molecule has 2 aromatic rings. The smallest absolute Gasteiger partial charge is 0.318 e. The van der Waals surface area contributed by atoms with E-state index in [1.54, 1.807) is 21.7 Å². The highest BCUT2D eigenvalue weighted by Gasteiger charge is 2.58. The van der Waals surface area contributed by atoms with Gasteiger partial charge >= 0.3 is 6.03 Å². The molecule has 1 aromatic carbocycles. The molecule has 31 heavy (non-hydrogen) atoms. The van der Waals surface area contributed by atoms with Gasteiger partial charge in [-0.3, -0.25) is 9.48 Å². The third kappa shape index (κ3) is 2.87. The molecular weight excluding hydrogens is 397 g/mol. The van der Waals surface area contributed by atoms with Gasteiger partial charge in [-0.05, 0) is 62.0 Å². The highest BCUT2D eigenvalue weighted by atomic mass is 19.1. The number of fused-ring (bicyclic) bond motifs is 1. The van der Waals surface area contributed by atoms with E-state index >= 15 is 0 Å². The molecule has 1 aromatic heterocycles. The summed E-state index contributed by atoms with van der Waals surface area (Å²) in [6.45, 7) is 1.25. The molecule has 0 saturated heterocycles. The van der Waals surface area contributed by atoms with Crippen molar-refractivity contribution < 1.29 is 14.0 Å². The average molecular weight is 423 g/mol. The van der Waals surface area contributed by atoms with Crippen LogP contribution in [0.25, 0.3) is 11.3 Å². The van der Waals surface area contributed by atoms with Crippen LogP contribution < -0.4 is 11.1 Å². The second-order valence-electron chi connectivity index (χ2n) is 9.82. The standard InChI is InChI=1S/C23H26FN5O2/c24-17-3-1-2-15(9-17)20-19(21(25)30)18-12-28(4-5-29(18)27-20)22(31)26-23-10-13-6-14(11-23)8-16(23)7-13/h1-3,9,13-14,16H,4-8,10-12H2,(H2,25,30)(H,26,31)/t13-,14+,16?,23?. The van der Waals surface area contributed by atoms with Gasteiger partial charge in [0, 0.05) is 17.6 Å². The van der Waals surface area contributed by atoms with Gasteiger partial charge in [-0.15, -0.1) is 0 Å². The molecule has 4 atom stereocenters. The van der Waals surface area contributed by atoms with Crippen LogP contribution in [0.5, 0.6) is 0 Å². The second-order valence-corrected chi connectivity index (χ2v) is 9.82. The number of carbonyl (C=O) groups excluding carboxylic acids is 2. The third-order valence-electron chi connectivity index (χ3n) is 7.96. The minimum Gasteiger partial charge on any atom is -0.365 e. The number of halogens is 1. The number of urea groups is 1. The van der Waals surface area contributed by atoms with Crippen LogP contribution >= 0.6 is 0 Å². The molecule has 2 unspecified atom stereocenters. The van der Waals surface area contributed by atoms with Crippen molar-refractivity contribution in [1.29, 1.82) is 0 Å². The summed E-state index contributed by atoms with van der Waals surface area (Å²) in [5, 5.41) is 7.94. The summed E-state index contributed by atoms with van der Waals surface area (Å²) in [4.78, 5) is 27.3. The Labute approximate surface area is 179 Å². The number of benzene rings is 1. The number of nitrogens with zero attached hydrogens (tertiary/aromatic N) is 3. The Bertz CT molecular complexity index is 1080. The van der Waals surface area contributed by atoms with Crippen LogP contribution in [0.1, 0.15) is 48.2 Å². The van der Waals surface area contributed by atoms with Crippen LogP contribution in [0.2, 0.25) is 0 Å². The van der Waals surface area contributed by atoms with E-state index in [1.165, 1.54) is 31.4 Å². The lowest BCUT2D eigenvalue weighted by atomic mass is 9.80. The first kappa shape index (κ1) is 18.8. The summed E-state index contributed by atoms with van der Waals surface area (Å²) >= 11 is 0. The first-order valence-electron chi connectivity index (χ1n) is 11.1. The highest BCUT2D eigenvalue weighted by molar-refractivity contribution is 6.00. The fourth-order valence-electron chi connectivity index (χ4n) is 6.88. The number of carbonyl (C=O) groups is 2. The summed E-state index contributed by atoms with van der Waals surface area (Å²) < 4.78 is 15.5. The number of nitrogens with one attached hydrogen (secondary N) is 1. The Morgan fingerprint density at radius 2 is 1.94 bits per heavy atom. The lowest BCUT2D eigenvalue weighted by Gasteiger charge is -2.37. The zero-order chi connectivity index (χ0) is 21.3. The molecule has 7 nitrogen and oxygen atoms in total. The Balaban J connectivity index is 1.27. The highest BCUT2D eigenvalue weighted by Crippen LogP contribution is 2.60. The van der Waals surface area contributed by atoms with E-state index in [4.69, 9.17) is 5.73 Å². The van der Waals surface area contributed by atoms with Crippen molar-refractivity contribution in [3.05, 3.63) is 41.3 Å². The van der Waals surface area contributed by atoms with Gasteiger partial charge < -0.3 is 16.0 Å². The van der Waals surface area contributed by atoms with Crippen molar-refractivity contribution in [2.24, 2.45) is 23.5 Å². The van der Waals surface area contributed by atoms with Gasteiger partial charge in [0.15, 0.2) is 0 Å². The Morgan fingerprint density at radius 3 is 2.65 bits per heavy atom. The number of nitrogens with two attached hydrogens (primary N) is 1. The number of aromatic nitrogens is 2. The van der Waals surface area contributed by atoms with Crippen LogP contribution in [0.15, 0.2) is 24.3 Å². The third-order valence-corrected chi connectivity index (χ3v) is 7.96. The van der Waals surface area contributed by atoms with Crippen LogP contribution in [-0.2, 0) is 13.1 Å². The van der Waals surface area contributed by atoms with Gasteiger partial charge in [-0.1, -0.05) is 12.1 Å². The van der Waals surface area contributed by atoms with E-state index in [-0.39, 0.29) is 23.7 Å². The molecule has 8 heteroatoms. The van der Waals surface area contributed by atoms with Crippen molar-refractivity contribution >= 4 is 11.9 Å². The summed E-state index contributed by atoms with van der Waals surface area (Å²) in [6.07, 6.45) is 6.00. The number of hydrogen-bond donors (Lipinski definition) is 2. The van der Waals surface area contributed by atoms with E-state index in [1.807, 2.05) is 0 Å². The molecule has 3 N–H and O–H groups in total. The maximum atomic E-state index is 13.8. The van der Waals surface area contributed by atoms with Crippen LogP contribution in [0.4, 0.5) is 9.18 Å². The quantitative estimate of drug-likeness (QED) is 0.795. The molecule has 4 saturated carbocycles. The predicted molar refractivity (Wildman–Crippen MR) is 111 cm³/mol. The minimum atomic E-state index is -0.617. The molecule has 0 spiro atoms. The number of hydrogen-bond acceptors (Lipinski definition) is 3. The molecule has 7 rings (SSSR count). The van der Waals surface area contributed by atoms with E-state index in [9.17, 15) is 14.0 Å². The summed E-state index contributed by atoms with van der Waals surface area (Å²) in [5.74, 6) is 1.11. The maximum absolute atomic E-state index is 13.8. The van der Waals surface area contributed by atoms with Gasteiger partial charge in [0.1, 0.15) is 11.5 Å². The fourth-order valence-corrected chi connectivity index (χ4v) is 6.88. The average Bonchev–Trinajstić information content (AvgIpc) is 3.30. The van der Waals surface area contributed by atoms with Crippen molar-refractivity contribution in [2.75, 3.05) is 6.54 Å². The zero-order valence-electron chi connectivity index (χ0n) is 17.3. The topological polar surface area (TPSA) is 93.2 Å². The second kappa shape index (κ2) is 6.55. The Kier molecular flexibility index (Phi) is 3.98. The van der Waals surface area contributed by atoms with E-state index in [2.05, 4.69) is 10.4 Å². The largest absolute Gasteiger partial charge is 0.365 e. The van der Waals surface area contributed by atoms with E-state index < -0.39 is 11.7 Å². The van der Waals surface area contributed by atoms with Crippen LogP contribution in [-0.4, -0.2) is 38.7 Å². The maximum Gasteiger partial charge on any atom is 0.318 e. The van der Waals surface area contributed by atoms with Crippen molar-refractivity contribution in [3.8, 4) is 11.3 Å². The number of primary amides is 1. The zero-order valence-corrected chi connectivity index (χ0v) is 17.3. The minimum absolute atomic E-state index is 0.0401. The van der Waals surface area contributed by atoms with Crippen molar-refractivity contribution in [1.82, 2.24) is 20.0 Å². The molecule has 1 aliphatic heterocycles. The molecule has 0 radical (unpaired) electrons. The summed E-state index contributed by atoms with van der Waals surface area (Å²) in [5.41, 5.74) is 7.41. The SMILES string of the molecule is NC(=O)c1c(-c2cccc(F)c2)nn2c1CN(C(=O)NC13C[C@@H]4CC1C[C@@H](C4)C3)CC2. The molecule has 162 valence electrons. The summed E-state index contributed by atoms with van der Waals surface area (Å²) in [6, 6.07) is 5.91. The molecule has 3 amide bonds. The lowest BCUT2D eigenvalue weighted by Crippen LogP contribution is -2.55. The molecule has 5 aliphatic rings. The van der Waals surface area contributed by atoms with Gasteiger partial charge in [0.25, 0.3) is 5.91 Å². The van der Waals surface area contributed by atoms with Gasteiger partial charge in [-0.25, -0.2) is 9.18 Å². The molecular formula is C23H26FN5O2. The van der Waals surface area contributed by atoms with Crippen molar-refractivity contribution in [3.63, 3.8) is 0 Å². The van der Waals surface area contributed by atoms with E-state index in [0.717, 1.165) is 24.7 Å². The monoisotopic (exact) mass is 423 g/mol. The molecule has 4 aliphatic carbocycles. The van der Waals surface area contributed by atoms with Gasteiger partial charge in [0.2, 0.25) is 0 Å². The first-order chi connectivity index (χ1) is 14.9. The van der Waals surface area contributed by atoms with Gasteiger partial charge in [-0.2, -0.15) is 5.10 Å². The van der Waals surface area contributed by atoms with Crippen molar-refractivity contribution in [2.45, 2.75) is 50.7 Å². The van der Waals surface area contributed by atoms with Gasteiger partial charge in [0.05, 0.1) is 24.3 Å². The number of rotatable bonds is 3. The van der Waals surface area contributed by atoms with E-state index in [0.29, 0.717) is 36.0 Å². The Morgan fingerprint density at radius 1 is 1.16 bits per heavy atom. The lowest BCUT2D eigenvalue weighted by molar-refractivity contribution is 0.0996. The van der Waals surface area contributed by atoms with Crippen LogP contribution in [0.3, 0.4) is 0 Å². The molecule has 4 fully saturated rings. The predicted octanol–water partition coefficient (Wildman–Crippen LogP) is 2.89.